The minimum atomic E-state index is 0.497. The molecular formula is C12H11ClN2O2. The number of methoxy groups -OCH3 is 1. The molecule has 2 aromatic rings. The van der Waals surface area contributed by atoms with E-state index in [1.165, 1.54) is 0 Å². The first-order valence-electron chi connectivity index (χ1n) is 4.97. The Morgan fingerprint density at radius 1 is 1.47 bits per heavy atom. The van der Waals surface area contributed by atoms with Crippen molar-refractivity contribution in [2.24, 2.45) is 7.05 Å². The molecule has 0 unspecified atom stereocenters. The highest BCUT2D eigenvalue weighted by Gasteiger charge is 2.13. The van der Waals surface area contributed by atoms with Crippen molar-refractivity contribution in [1.82, 2.24) is 9.55 Å². The number of aldehydes is 1. The fraction of sp³-hybridized carbons (Fsp3) is 0.167. The summed E-state index contributed by atoms with van der Waals surface area (Å²) < 4.78 is 6.72. The van der Waals surface area contributed by atoms with E-state index < -0.39 is 0 Å². The van der Waals surface area contributed by atoms with Gasteiger partial charge in [0.15, 0.2) is 6.29 Å². The molecule has 17 heavy (non-hydrogen) atoms. The first-order chi connectivity index (χ1) is 8.17. The highest BCUT2D eigenvalue weighted by atomic mass is 35.5. The second-order valence-corrected chi connectivity index (χ2v) is 3.96. The second kappa shape index (κ2) is 4.59. The van der Waals surface area contributed by atoms with Crippen LogP contribution in [0.3, 0.4) is 0 Å². The number of carbonyl (C=O) groups is 1. The highest BCUT2D eigenvalue weighted by Crippen LogP contribution is 2.31. The summed E-state index contributed by atoms with van der Waals surface area (Å²) in [6.45, 7) is 0. The Bertz CT molecular complexity index is 564. The van der Waals surface area contributed by atoms with E-state index in [-0.39, 0.29) is 0 Å². The van der Waals surface area contributed by atoms with Crippen LogP contribution in [0, 0.1) is 0 Å². The van der Waals surface area contributed by atoms with Crippen LogP contribution < -0.4 is 4.74 Å². The fourth-order valence-corrected chi connectivity index (χ4v) is 1.86. The number of hydrogen-bond donors (Lipinski definition) is 0. The molecule has 1 aromatic carbocycles. The first-order valence-corrected chi connectivity index (χ1v) is 5.35. The molecule has 0 aliphatic rings. The van der Waals surface area contributed by atoms with E-state index in [1.54, 1.807) is 43.3 Å². The number of nitrogens with zero attached hydrogens (tertiary/aromatic N) is 2. The van der Waals surface area contributed by atoms with Gasteiger partial charge in [0, 0.05) is 12.6 Å². The third kappa shape index (κ3) is 2.03. The fourth-order valence-electron chi connectivity index (χ4n) is 1.60. The van der Waals surface area contributed by atoms with Crippen LogP contribution in [0.2, 0.25) is 5.02 Å². The predicted molar refractivity (Wildman–Crippen MR) is 65.6 cm³/mol. The molecule has 0 spiro atoms. The number of halogens is 1. The van der Waals surface area contributed by atoms with Crippen LogP contribution >= 0.6 is 11.6 Å². The molecule has 1 heterocycles. The van der Waals surface area contributed by atoms with E-state index in [0.717, 1.165) is 11.8 Å². The van der Waals surface area contributed by atoms with Crippen LogP contribution in [-0.4, -0.2) is 22.9 Å². The average molecular weight is 251 g/mol. The molecule has 0 aliphatic carbocycles. The lowest BCUT2D eigenvalue weighted by atomic mass is 10.1. The molecule has 0 atom stereocenters. The summed E-state index contributed by atoms with van der Waals surface area (Å²) in [5.74, 6) is 0.669. The number of imidazole rings is 1. The van der Waals surface area contributed by atoms with E-state index in [0.29, 0.717) is 22.2 Å². The number of carbonyl (C=O) groups excluding carboxylic acids is 1. The molecule has 4 nitrogen and oxygen atoms in total. The van der Waals surface area contributed by atoms with Crippen molar-refractivity contribution in [3.63, 3.8) is 0 Å². The summed E-state index contributed by atoms with van der Waals surface area (Å²) in [6, 6.07) is 5.27. The van der Waals surface area contributed by atoms with Crippen molar-refractivity contribution in [2.45, 2.75) is 0 Å². The van der Waals surface area contributed by atoms with E-state index in [2.05, 4.69) is 4.98 Å². The highest BCUT2D eigenvalue weighted by molar-refractivity contribution is 6.33. The lowest BCUT2D eigenvalue weighted by Crippen LogP contribution is -1.95. The number of aryl methyl sites for hydroxylation is 1. The van der Waals surface area contributed by atoms with Gasteiger partial charge in [-0.15, -0.1) is 0 Å². The summed E-state index contributed by atoms with van der Waals surface area (Å²) in [4.78, 5) is 15.2. The van der Waals surface area contributed by atoms with Gasteiger partial charge in [0.05, 0.1) is 18.5 Å². The van der Waals surface area contributed by atoms with Gasteiger partial charge in [-0.05, 0) is 18.2 Å². The normalized spacial score (nSPS) is 10.3. The molecule has 5 heteroatoms. The van der Waals surface area contributed by atoms with E-state index in [4.69, 9.17) is 16.3 Å². The lowest BCUT2D eigenvalue weighted by molar-refractivity contribution is 0.111. The van der Waals surface area contributed by atoms with Crippen LogP contribution in [0.15, 0.2) is 24.5 Å². The van der Waals surface area contributed by atoms with Crippen molar-refractivity contribution in [2.75, 3.05) is 7.11 Å². The van der Waals surface area contributed by atoms with Crippen molar-refractivity contribution >= 4 is 17.9 Å². The number of rotatable bonds is 3. The number of hydrogen-bond acceptors (Lipinski definition) is 3. The minimum Gasteiger partial charge on any atom is -0.497 e. The minimum absolute atomic E-state index is 0.497. The SMILES string of the molecule is COc1ccc(-c2ncn(C)c2C=O)c(Cl)c1. The zero-order valence-corrected chi connectivity index (χ0v) is 10.2. The van der Waals surface area contributed by atoms with E-state index in [9.17, 15) is 4.79 Å². The van der Waals surface area contributed by atoms with Crippen LogP contribution in [0.25, 0.3) is 11.3 Å². The summed E-state index contributed by atoms with van der Waals surface area (Å²) in [7, 11) is 3.33. The van der Waals surface area contributed by atoms with Gasteiger partial charge in [0.2, 0.25) is 0 Å². The van der Waals surface area contributed by atoms with E-state index in [1.807, 2.05) is 0 Å². The standard InChI is InChI=1S/C12H11ClN2O2/c1-15-7-14-12(11(15)6-16)9-4-3-8(17-2)5-10(9)13/h3-7H,1-2H3. The van der Waals surface area contributed by atoms with E-state index >= 15 is 0 Å². The van der Waals surface area contributed by atoms with Crippen molar-refractivity contribution < 1.29 is 9.53 Å². The van der Waals surface area contributed by atoms with Gasteiger partial charge in [-0.1, -0.05) is 11.6 Å². The molecule has 88 valence electrons. The summed E-state index contributed by atoms with van der Waals surface area (Å²) in [5, 5.41) is 0.506. The molecule has 0 saturated carbocycles. The van der Waals surface area contributed by atoms with Crippen LogP contribution in [-0.2, 0) is 7.05 Å². The summed E-state index contributed by atoms with van der Waals surface area (Å²) in [5.41, 5.74) is 1.79. The Morgan fingerprint density at radius 3 is 2.82 bits per heavy atom. The van der Waals surface area contributed by atoms with Crippen molar-refractivity contribution in [3.05, 3.63) is 35.2 Å². The molecule has 0 amide bonds. The predicted octanol–water partition coefficient (Wildman–Crippen LogP) is 2.56. The van der Waals surface area contributed by atoms with Gasteiger partial charge < -0.3 is 9.30 Å². The van der Waals surface area contributed by atoms with Gasteiger partial charge in [0.1, 0.15) is 17.1 Å². The molecule has 0 fully saturated rings. The van der Waals surface area contributed by atoms with Crippen LogP contribution in [0.1, 0.15) is 10.5 Å². The quantitative estimate of drug-likeness (QED) is 0.787. The third-order valence-electron chi connectivity index (χ3n) is 2.53. The molecule has 0 saturated heterocycles. The van der Waals surface area contributed by atoms with Crippen molar-refractivity contribution in [3.8, 4) is 17.0 Å². The topological polar surface area (TPSA) is 44.1 Å². The van der Waals surface area contributed by atoms with Gasteiger partial charge in [-0.2, -0.15) is 0 Å². The first kappa shape index (κ1) is 11.7. The monoisotopic (exact) mass is 250 g/mol. The summed E-state index contributed by atoms with van der Waals surface area (Å²) >= 11 is 6.14. The Kier molecular flexibility index (Phi) is 3.15. The van der Waals surface area contributed by atoms with Gasteiger partial charge in [-0.3, -0.25) is 4.79 Å². The molecular weight excluding hydrogens is 240 g/mol. The second-order valence-electron chi connectivity index (χ2n) is 3.55. The zero-order chi connectivity index (χ0) is 12.4. The molecule has 2 rings (SSSR count). The summed E-state index contributed by atoms with van der Waals surface area (Å²) in [6.07, 6.45) is 2.35. The van der Waals surface area contributed by atoms with Crippen molar-refractivity contribution in [1.29, 1.82) is 0 Å². The van der Waals surface area contributed by atoms with Gasteiger partial charge in [0.25, 0.3) is 0 Å². The Morgan fingerprint density at radius 2 is 2.24 bits per heavy atom. The Hall–Kier alpha value is -1.81. The lowest BCUT2D eigenvalue weighted by Gasteiger charge is -2.05. The zero-order valence-electron chi connectivity index (χ0n) is 9.48. The van der Waals surface area contributed by atoms with Gasteiger partial charge >= 0.3 is 0 Å². The largest absolute Gasteiger partial charge is 0.497 e. The number of aromatic nitrogens is 2. The van der Waals surface area contributed by atoms with Crippen LogP contribution in [0.5, 0.6) is 5.75 Å². The Balaban J connectivity index is 2.56. The maximum absolute atomic E-state index is 11.0. The molecule has 1 aromatic heterocycles. The number of ether oxygens (including phenoxy) is 1. The van der Waals surface area contributed by atoms with Crippen LogP contribution in [0.4, 0.5) is 0 Å². The average Bonchev–Trinajstić information content (AvgIpc) is 2.70. The Labute approximate surface area is 104 Å². The smallest absolute Gasteiger partial charge is 0.168 e. The third-order valence-corrected chi connectivity index (χ3v) is 2.84. The molecule has 0 radical (unpaired) electrons. The number of benzene rings is 1. The maximum Gasteiger partial charge on any atom is 0.168 e. The van der Waals surface area contributed by atoms with Gasteiger partial charge in [-0.25, -0.2) is 4.98 Å². The molecule has 0 bridgehead atoms. The maximum atomic E-state index is 11.0. The molecule has 0 aliphatic heterocycles. The molecule has 0 N–H and O–H groups in total.